The zero-order chi connectivity index (χ0) is 16.2. The number of nitrogens with one attached hydrogen (secondary N) is 1. The molecule has 1 aliphatic heterocycles. The van der Waals surface area contributed by atoms with Gasteiger partial charge >= 0.3 is 0 Å². The third kappa shape index (κ3) is 3.56. The summed E-state index contributed by atoms with van der Waals surface area (Å²) in [7, 11) is 0. The van der Waals surface area contributed by atoms with Crippen molar-refractivity contribution >= 4 is 40.6 Å². The van der Waals surface area contributed by atoms with E-state index in [2.05, 4.69) is 10.3 Å². The van der Waals surface area contributed by atoms with Crippen LogP contribution >= 0.6 is 23.1 Å². The molecule has 1 aliphatic rings. The summed E-state index contributed by atoms with van der Waals surface area (Å²) in [5.74, 6) is 0.350. The van der Waals surface area contributed by atoms with E-state index in [1.807, 2.05) is 31.2 Å². The van der Waals surface area contributed by atoms with Crippen LogP contribution in [0.25, 0.3) is 0 Å². The Morgan fingerprint density at radius 2 is 2.22 bits per heavy atom. The van der Waals surface area contributed by atoms with Gasteiger partial charge in [-0.15, -0.1) is 23.1 Å². The lowest BCUT2D eigenvalue weighted by molar-refractivity contribution is -0.116. The van der Waals surface area contributed by atoms with Crippen molar-refractivity contribution in [2.75, 3.05) is 17.2 Å². The largest absolute Gasteiger partial charge is 0.351 e. The second-order valence-electron chi connectivity index (χ2n) is 5.12. The van der Waals surface area contributed by atoms with Gasteiger partial charge in [0.25, 0.3) is 5.91 Å². The van der Waals surface area contributed by atoms with E-state index in [0.717, 1.165) is 22.0 Å². The van der Waals surface area contributed by atoms with Gasteiger partial charge in [-0.25, -0.2) is 4.98 Å². The van der Waals surface area contributed by atoms with Crippen molar-refractivity contribution in [1.82, 2.24) is 10.3 Å². The molecule has 3 rings (SSSR count). The molecule has 7 heteroatoms. The molecule has 0 fully saturated rings. The average molecular weight is 347 g/mol. The van der Waals surface area contributed by atoms with Gasteiger partial charge in [-0.05, 0) is 18.6 Å². The van der Waals surface area contributed by atoms with Gasteiger partial charge in [-0.3, -0.25) is 9.59 Å². The van der Waals surface area contributed by atoms with Gasteiger partial charge in [0, 0.05) is 16.8 Å². The van der Waals surface area contributed by atoms with Crippen molar-refractivity contribution in [3.8, 4) is 0 Å². The Kier molecular flexibility index (Phi) is 4.97. The summed E-state index contributed by atoms with van der Waals surface area (Å²) in [6, 6.07) is 7.86. The van der Waals surface area contributed by atoms with Crippen molar-refractivity contribution in [2.45, 2.75) is 24.8 Å². The number of thiazole rings is 1. The molecule has 1 N–H and O–H groups in total. The van der Waals surface area contributed by atoms with Gasteiger partial charge in [-0.1, -0.05) is 19.1 Å². The zero-order valence-electron chi connectivity index (χ0n) is 12.7. The molecule has 0 saturated heterocycles. The summed E-state index contributed by atoms with van der Waals surface area (Å²) in [6.45, 7) is 3.05. The van der Waals surface area contributed by atoms with E-state index in [-0.39, 0.29) is 11.8 Å². The molecule has 1 aromatic carbocycles. The molecule has 0 atom stereocenters. The van der Waals surface area contributed by atoms with Gasteiger partial charge < -0.3 is 10.2 Å². The highest BCUT2D eigenvalue weighted by Gasteiger charge is 2.25. The van der Waals surface area contributed by atoms with Crippen LogP contribution in [0.2, 0.25) is 0 Å². The number of benzene rings is 1. The Balaban J connectivity index is 1.76. The van der Waals surface area contributed by atoms with Gasteiger partial charge in [0.1, 0.15) is 10.7 Å². The summed E-state index contributed by atoms with van der Waals surface area (Å²) >= 11 is 2.97. The van der Waals surface area contributed by atoms with Gasteiger partial charge in [-0.2, -0.15) is 0 Å². The maximum atomic E-state index is 12.2. The molecular weight excluding hydrogens is 330 g/mol. The number of nitrogens with zero attached hydrogens (tertiary/aromatic N) is 2. The molecule has 5 nitrogen and oxygen atoms in total. The van der Waals surface area contributed by atoms with E-state index in [0.29, 0.717) is 24.5 Å². The van der Waals surface area contributed by atoms with Crippen molar-refractivity contribution < 1.29 is 9.59 Å². The Hall–Kier alpha value is -1.86. The minimum atomic E-state index is -0.157. The maximum absolute atomic E-state index is 12.2. The van der Waals surface area contributed by atoms with Crippen LogP contribution in [0.15, 0.2) is 34.5 Å². The number of hydrogen-bond donors (Lipinski definition) is 1. The quantitative estimate of drug-likeness (QED) is 0.903. The number of hydrogen-bond acceptors (Lipinski definition) is 5. The highest BCUT2D eigenvalue weighted by Crippen LogP contribution is 2.35. The van der Waals surface area contributed by atoms with Crippen LogP contribution in [0.4, 0.5) is 5.69 Å². The first-order valence-corrected chi connectivity index (χ1v) is 9.30. The third-order valence-corrected chi connectivity index (χ3v) is 5.30. The number of anilines is 1. The smallest absolute Gasteiger partial charge is 0.270 e. The second kappa shape index (κ2) is 7.14. The standard InChI is InChI=1S/C16H17N3O2S2/c1-2-7-17-16(21)11-9-23-14(18-11)8-19-12-5-3-4-6-13(12)22-10-15(19)20/h3-6,9H,2,7-8,10H2,1H3,(H,17,21). The van der Waals surface area contributed by atoms with Crippen molar-refractivity contribution in [3.05, 3.63) is 40.3 Å². The summed E-state index contributed by atoms with van der Waals surface area (Å²) in [5.41, 5.74) is 1.34. The summed E-state index contributed by atoms with van der Waals surface area (Å²) in [4.78, 5) is 31.4. The Morgan fingerprint density at radius 1 is 1.39 bits per heavy atom. The van der Waals surface area contributed by atoms with Crippen LogP contribution in [-0.4, -0.2) is 29.1 Å². The molecule has 0 radical (unpaired) electrons. The van der Waals surface area contributed by atoms with E-state index < -0.39 is 0 Å². The lowest BCUT2D eigenvalue weighted by atomic mass is 10.2. The SMILES string of the molecule is CCCNC(=O)c1csc(CN2C(=O)CSc3ccccc32)n1. The molecule has 0 aliphatic carbocycles. The fourth-order valence-corrected chi connectivity index (χ4v) is 3.98. The molecule has 0 bridgehead atoms. The summed E-state index contributed by atoms with van der Waals surface area (Å²) in [6.07, 6.45) is 0.888. The number of carbonyl (C=O) groups excluding carboxylic acids is 2. The number of para-hydroxylation sites is 1. The van der Waals surface area contributed by atoms with Crippen molar-refractivity contribution in [2.24, 2.45) is 0 Å². The molecule has 0 unspecified atom stereocenters. The van der Waals surface area contributed by atoms with Crippen molar-refractivity contribution in [1.29, 1.82) is 0 Å². The van der Waals surface area contributed by atoms with Gasteiger partial charge in [0.05, 0.1) is 18.0 Å². The van der Waals surface area contributed by atoms with Crippen LogP contribution in [-0.2, 0) is 11.3 Å². The Bertz CT molecular complexity index is 730. The third-order valence-electron chi connectivity index (χ3n) is 3.42. The highest BCUT2D eigenvalue weighted by molar-refractivity contribution is 8.00. The van der Waals surface area contributed by atoms with Crippen LogP contribution < -0.4 is 10.2 Å². The molecule has 120 valence electrons. The Labute approximate surface area is 143 Å². The number of aromatic nitrogens is 1. The van der Waals surface area contributed by atoms with Gasteiger partial charge in [0.2, 0.25) is 5.91 Å². The van der Waals surface area contributed by atoms with Crippen molar-refractivity contribution in [3.63, 3.8) is 0 Å². The zero-order valence-corrected chi connectivity index (χ0v) is 14.4. The van der Waals surface area contributed by atoms with Crippen LogP contribution in [0, 0.1) is 0 Å². The lowest BCUT2D eigenvalue weighted by Gasteiger charge is -2.28. The Morgan fingerprint density at radius 3 is 3.04 bits per heavy atom. The molecule has 1 aromatic heterocycles. The molecule has 0 saturated carbocycles. The topological polar surface area (TPSA) is 62.3 Å². The second-order valence-corrected chi connectivity index (χ2v) is 7.08. The molecule has 0 spiro atoms. The number of fused-ring (bicyclic) bond motifs is 1. The normalized spacial score (nSPS) is 13.8. The fraction of sp³-hybridized carbons (Fsp3) is 0.312. The monoisotopic (exact) mass is 347 g/mol. The van der Waals surface area contributed by atoms with Crippen LogP contribution in [0.1, 0.15) is 28.8 Å². The first-order valence-electron chi connectivity index (χ1n) is 7.44. The number of rotatable bonds is 5. The van der Waals surface area contributed by atoms with E-state index in [9.17, 15) is 9.59 Å². The molecular formula is C16H17N3O2S2. The predicted molar refractivity (Wildman–Crippen MR) is 93.1 cm³/mol. The van der Waals surface area contributed by atoms with E-state index >= 15 is 0 Å². The molecule has 23 heavy (non-hydrogen) atoms. The first kappa shape index (κ1) is 16.0. The fourth-order valence-electron chi connectivity index (χ4n) is 2.28. The maximum Gasteiger partial charge on any atom is 0.270 e. The lowest BCUT2D eigenvalue weighted by Crippen LogP contribution is -2.34. The number of amides is 2. The summed E-state index contributed by atoms with van der Waals surface area (Å²) < 4.78 is 0. The van der Waals surface area contributed by atoms with Crippen LogP contribution in [0.5, 0.6) is 0 Å². The van der Waals surface area contributed by atoms with Crippen LogP contribution in [0.3, 0.4) is 0 Å². The highest BCUT2D eigenvalue weighted by atomic mass is 32.2. The molecule has 2 heterocycles. The molecule has 2 aromatic rings. The first-order chi connectivity index (χ1) is 11.2. The predicted octanol–water partition coefficient (Wildman–Crippen LogP) is 2.92. The average Bonchev–Trinajstić information content (AvgIpc) is 3.04. The van der Waals surface area contributed by atoms with E-state index in [1.54, 1.807) is 22.0 Å². The minimum absolute atomic E-state index is 0.0703. The van der Waals surface area contributed by atoms with E-state index in [1.165, 1.54) is 11.3 Å². The van der Waals surface area contributed by atoms with E-state index in [4.69, 9.17) is 0 Å². The minimum Gasteiger partial charge on any atom is -0.351 e. The summed E-state index contributed by atoms with van der Waals surface area (Å²) in [5, 5.41) is 5.32. The number of carbonyl (C=O) groups is 2. The van der Waals surface area contributed by atoms with Gasteiger partial charge in [0.15, 0.2) is 0 Å². The molecule has 2 amide bonds. The number of thioether (sulfide) groups is 1.